The number of carbonyl (C=O) groups excluding carboxylic acids is 1. The summed E-state index contributed by atoms with van der Waals surface area (Å²) >= 11 is 0. The van der Waals surface area contributed by atoms with Crippen LogP contribution >= 0.6 is 0 Å². The van der Waals surface area contributed by atoms with Gasteiger partial charge in [-0.2, -0.15) is 0 Å². The number of benzene rings is 1. The number of carbonyl (C=O) groups is 1. The molecular weight excluding hydrogens is 287 g/mol. The summed E-state index contributed by atoms with van der Waals surface area (Å²) in [4.78, 5) is 12.0. The van der Waals surface area contributed by atoms with Gasteiger partial charge in [-0.3, -0.25) is 4.79 Å². The minimum atomic E-state index is -0.378. The Bertz CT molecular complexity index is 605. The van der Waals surface area contributed by atoms with Gasteiger partial charge in [0.25, 0.3) is 0 Å². The van der Waals surface area contributed by atoms with Crippen molar-refractivity contribution in [3.8, 4) is 0 Å². The Hall–Kier alpha value is -1.39. The Balaban J connectivity index is 1.90. The zero-order valence-corrected chi connectivity index (χ0v) is 14.5. The number of hydrogen-bond acceptors (Lipinski definition) is 3. The molecule has 1 aromatic rings. The normalized spacial score (nSPS) is 29.6. The van der Waals surface area contributed by atoms with Crippen LogP contribution in [-0.4, -0.2) is 24.1 Å². The van der Waals surface area contributed by atoms with Gasteiger partial charge < -0.3 is 9.31 Å². The van der Waals surface area contributed by atoms with Crippen molar-refractivity contribution in [1.82, 2.24) is 0 Å². The number of ketones is 1. The molecule has 0 unspecified atom stereocenters. The van der Waals surface area contributed by atoms with E-state index in [2.05, 4.69) is 52.0 Å². The highest BCUT2D eigenvalue weighted by Gasteiger charge is 2.60. The summed E-state index contributed by atoms with van der Waals surface area (Å²) in [5.41, 5.74) is 0.371. The standard InChI is InChI=1S/C19H25BO3/c1-17(2)18(3,4)23-20(22-17)19(13-11-16(21)14-19)12-10-15-8-6-5-7-9-15/h5-10,12H,11,13-14H2,1-4H3/b12-10+/t19-/m1/s1. The van der Waals surface area contributed by atoms with Gasteiger partial charge in [0.1, 0.15) is 5.78 Å². The van der Waals surface area contributed by atoms with Crippen molar-refractivity contribution in [2.75, 3.05) is 0 Å². The monoisotopic (exact) mass is 312 g/mol. The second-order valence-corrected chi connectivity index (χ2v) is 7.78. The van der Waals surface area contributed by atoms with Crippen LogP contribution in [0, 0.1) is 0 Å². The van der Waals surface area contributed by atoms with Crippen LogP contribution in [0.1, 0.15) is 52.5 Å². The van der Waals surface area contributed by atoms with Crippen molar-refractivity contribution in [1.29, 1.82) is 0 Å². The molecular formula is C19H25BO3. The van der Waals surface area contributed by atoms with E-state index in [4.69, 9.17) is 9.31 Å². The third kappa shape index (κ3) is 3.02. The lowest BCUT2D eigenvalue weighted by atomic mass is 9.56. The fraction of sp³-hybridized carbons (Fsp3) is 0.526. The lowest BCUT2D eigenvalue weighted by molar-refractivity contribution is -0.117. The first kappa shape index (κ1) is 16.5. The summed E-state index contributed by atoms with van der Waals surface area (Å²) in [6, 6.07) is 10.2. The molecule has 23 heavy (non-hydrogen) atoms. The van der Waals surface area contributed by atoms with Gasteiger partial charge in [0.05, 0.1) is 11.2 Å². The molecule has 1 aliphatic carbocycles. The van der Waals surface area contributed by atoms with Gasteiger partial charge in [-0.25, -0.2) is 0 Å². The molecule has 1 atom stereocenters. The van der Waals surface area contributed by atoms with Gasteiger partial charge >= 0.3 is 7.12 Å². The minimum Gasteiger partial charge on any atom is -0.403 e. The minimum absolute atomic E-state index is 0.289. The van der Waals surface area contributed by atoms with Gasteiger partial charge in [-0.1, -0.05) is 42.5 Å². The topological polar surface area (TPSA) is 35.5 Å². The van der Waals surface area contributed by atoms with E-state index in [1.165, 1.54) is 0 Å². The van der Waals surface area contributed by atoms with E-state index in [1.54, 1.807) is 0 Å². The molecule has 3 nitrogen and oxygen atoms in total. The van der Waals surface area contributed by atoms with Crippen molar-refractivity contribution in [2.24, 2.45) is 0 Å². The zero-order chi connectivity index (χ0) is 16.7. The molecule has 1 aliphatic heterocycles. The van der Waals surface area contributed by atoms with Crippen molar-refractivity contribution in [3.05, 3.63) is 42.0 Å². The molecule has 1 saturated heterocycles. The summed E-state index contributed by atoms with van der Waals surface area (Å²) in [5.74, 6) is 0.289. The van der Waals surface area contributed by atoms with Crippen LogP contribution < -0.4 is 0 Å². The maximum Gasteiger partial charge on any atom is 0.469 e. The number of rotatable bonds is 3. The average Bonchev–Trinajstić information content (AvgIpc) is 2.97. The highest BCUT2D eigenvalue weighted by molar-refractivity contribution is 6.51. The van der Waals surface area contributed by atoms with Crippen LogP contribution in [0.5, 0.6) is 0 Å². The van der Waals surface area contributed by atoms with Crippen molar-refractivity contribution < 1.29 is 14.1 Å². The zero-order valence-electron chi connectivity index (χ0n) is 14.5. The lowest BCUT2D eigenvalue weighted by Gasteiger charge is -2.32. The van der Waals surface area contributed by atoms with Gasteiger partial charge in [-0.05, 0) is 39.7 Å². The number of Topliss-reactive ketones (excluding diaryl/α,β-unsaturated/α-hetero) is 1. The average molecular weight is 312 g/mol. The maximum absolute atomic E-state index is 12.0. The highest BCUT2D eigenvalue weighted by Crippen LogP contribution is 2.53. The molecule has 2 aliphatic rings. The van der Waals surface area contributed by atoms with E-state index in [0.717, 1.165) is 12.0 Å². The van der Waals surface area contributed by atoms with E-state index in [1.807, 2.05) is 18.2 Å². The van der Waals surface area contributed by atoms with Crippen LogP contribution in [-0.2, 0) is 14.1 Å². The molecule has 0 radical (unpaired) electrons. The Kier molecular flexibility index (Phi) is 4.01. The quantitative estimate of drug-likeness (QED) is 0.781. The molecule has 122 valence electrons. The summed E-state index contributed by atoms with van der Waals surface area (Å²) in [5, 5.41) is -0.363. The van der Waals surface area contributed by atoms with E-state index < -0.39 is 0 Å². The fourth-order valence-electron chi connectivity index (χ4n) is 3.24. The molecule has 1 aromatic carbocycles. The van der Waals surface area contributed by atoms with Crippen LogP contribution in [0.25, 0.3) is 6.08 Å². The van der Waals surface area contributed by atoms with E-state index in [-0.39, 0.29) is 29.4 Å². The molecule has 1 saturated carbocycles. The molecule has 4 heteroatoms. The van der Waals surface area contributed by atoms with Crippen LogP contribution in [0.2, 0.25) is 5.31 Å². The SMILES string of the molecule is CC1(C)OB([C@]2(/C=C/c3ccccc3)CCC(=O)C2)OC1(C)C. The molecule has 1 heterocycles. The Morgan fingerprint density at radius 1 is 1.04 bits per heavy atom. The predicted octanol–water partition coefficient (Wildman–Crippen LogP) is 4.29. The van der Waals surface area contributed by atoms with Crippen molar-refractivity contribution in [3.63, 3.8) is 0 Å². The molecule has 0 N–H and O–H groups in total. The van der Waals surface area contributed by atoms with Crippen molar-refractivity contribution in [2.45, 2.75) is 63.5 Å². The van der Waals surface area contributed by atoms with Crippen LogP contribution in [0.3, 0.4) is 0 Å². The second kappa shape index (κ2) is 5.61. The highest BCUT2D eigenvalue weighted by atomic mass is 16.7. The van der Waals surface area contributed by atoms with Crippen LogP contribution in [0.15, 0.2) is 36.4 Å². The van der Waals surface area contributed by atoms with Crippen LogP contribution in [0.4, 0.5) is 0 Å². The first-order valence-electron chi connectivity index (χ1n) is 8.36. The largest absolute Gasteiger partial charge is 0.469 e. The summed E-state index contributed by atoms with van der Waals surface area (Å²) in [7, 11) is -0.376. The third-order valence-electron chi connectivity index (χ3n) is 5.53. The maximum atomic E-state index is 12.0. The van der Waals surface area contributed by atoms with E-state index >= 15 is 0 Å². The predicted molar refractivity (Wildman–Crippen MR) is 93.1 cm³/mol. The van der Waals surface area contributed by atoms with Crippen molar-refractivity contribution >= 4 is 19.0 Å². The molecule has 0 bridgehead atoms. The second-order valence-electron chi connectivity index (χ2n) is 7.78. The smallest absolute Gasteiger partial charge is 0.403 e. The Labute approximate surface area is 139 Å². The van der Waals surface area contributed by atoms with Gasteiger partial charge in [-0.15, -0.1) is 0 Å². The first-order chi connectivity index (χ1) is 10.7. The first-order valence-corrected chi connectivity index (χ1v) is 8.36. The van der Waals surface area contributed by atoms with Gasteiger partial charge in [0, 0.05) is 18.2 Å². The van der Waals surface area contributed by atoms with E-state index in [0.29, 0.717) is 12.8 Å². The molecule has 0 amide bonds. The van der Waals surface area contributed by atoms with E-state index in [9.17, 15) is 4.79 Å². The molecule has 2 fully saturated rings. The fourth-order valence-corrected chi connectivity index (χ4v) is 3.24. The lowest BCUT2D eigenvalue weighted by Crippen LogP contribution is -2.41. The molecule has 0 spiro atoms. The number of hydrogen-bond donors (Lipinski definition) is 0. The third-order valence-corrected chi connectivity index (χ3v) is 5.53. The van der Waals surface area contributed by atoms with Gasteiger partial charge in [0.2, 0.25) is 0 Å². The van der Waals surface area contributed by atoms with Gasteiger partial charge in [0.15, 0.2) is 0 Å². The summed E-state index contributed by atoms with van der Waals surface area (Å²) in [6.07, 6.45) is 6.10. The summed E-state index contributed by atoms with van der Waals surface area (Å²) in [6.45, 7) is 8.22. The Morgan fingerprint density at radius 2 is 1.65 bits per heavy atom. The summed E-state index contributed by atoms with van der Waals surface area (Å²) < 4.78 is 12.5. The molecule has 3 rings (SSSR count). The Morgan fingerprint density at radius 3 is 2.17 bits per heavy atom. The number of allylic oxidation sites excluding steroid dienone is 1. The molecule has 0 aromatic heterocycles.